The average molecular weight is 338 g/mol. The third kappa shape index (κ3) is 3.13. The normalized spacial score (nSPS) is 14.1. The lowest BCUT2D eigenvalue weighted by atomic mass is 10.1. The number of hydrogen-bond acceptors (Lipinski definition) is 5. The number of hydrogen-bond donors (Lipinski definition) is 2. The Morgan fingerprint density at radius 3 is 2.86 bits per heavy atom. The van der Waals surface area contributed by atoms with Gasteiger partial charge >= 0.3 is 0 Å². The molecule has 0 aliphatic carbocycles. The number of benzene rings is 1. The molecule has 22 heavy (non-hydrogen) atoms. The number of carbonyl (C=O) groups excluding carboxylic acids is 1. The largest absolute Gasteiger partial charge is 0.482 e. The smallest absolute Gasteiger partial charge is 0.262 e. The molecule has 2 heterocycles. The van der Waals surface area contributed by atoms with Gasteiger partial charge in [0, 0.05) is 11.4 Å². The lowest BCUT2D eigenvalue weighted by Gasteiger charge is -2.18. The van der Waals surface area contributed by atoms with Crippen LogP contribution in [0.1, 0.15) is 10.4 Å². The fraction of sp³-hybridized carbons (Fsp3) is 0.214. The van der Waals surface area contributed by atoms with E-state index in [9.17, 15) is 13.2 Å². The van der Waals surface area contributed by atoms with Crippen LogP contribution < -0.4 is 14.8 Å². The minimum atomic E-state index is -3.52. The lowest BCUT2D eigenvalue weighted by Crippen LogP contribution is -2.26. The van der Waals surface area contributed by atoms with Gasteiger partial charge in [-0.2, -0.15) is 0 Å². The van der Waals surface area contributed by atoms with E-state index in [1.165, 1.54) is 11.3 Å². The molecule has 1 aliphatic heterocycles. The second-order valence-electron chi connectivity index (χ2n) is 4.86. The number of ether oxygens (including phenoxy) is 1. The van der Waals surface area contributed by atoms with Gasteiger partial charge in [0.05, 0.1) is 5.69 Å². The minimum Gasteiger partial charge on any atom is -0.482 e. The first-order valence-electron chi connectivity index (χ1n) is 6.56. The van der Waals surface area contributed by atoms with Crippen molar-refractivity contribution in [2.75, 3.05) is 11.9 Å². The number of rotatable bonds is 4. The molecule has 0 atom stereocenters. The number of carbonyl (C=O) groups is 1. The Morgan fingerprint density at radius 1 is 1.32 bits per heavy atom. The van der Waals surface area contributed by atoms with E-state index in [1.54, 1.807) is 30.3 Å². The fourth-order valence-electron chi connectivity index (χ4n) is 2.05. The number of thiophene rings is 1. The summed E-state index contributed by atoms with van der Waals surface area (Å²) in [7, 11) is -3.52. The van der Waals surface area contributed by atoms with Gasteiger partial charge in [0.15, 0.2) is 6.61 Å². The summed E-state index contributed by atoms with van der Waals surface area (Å²) in [5.74, 6) is 0.361. The zero-order valence-electron chi connectivity index (χ0n) is 11.8. The van der Waals surface area contributed by atoms with E-state index in [-0.39, 0.29) is 19.1 Å². The molecule has 116 valence electrons. The molecule has 1 aliphatic rings. The van der Waals surface area contributed by atoms with Crippen molar-refractivity contribution in [1.82, 2.24) is 4.72 Å². The molecule has 0 radical (unpaired) electrons. The Balaban J connectivity index is 1.74. The summed E-state index contributed by atoms with van der Waals surface area (Å²) in [4.78, 5) is 12.2. The van der Waals surface area contributed by atoms with Crippen LogP contribution in [-0.4, -0.2) is 20.9 Å². The van der Waals surface area contributed by atoms with Crippen molar-refractivity contribution in [2.24, 2.45) is 0 Å². The number of sulfonamides is 1. The fourth-order valence-corrected chi connectivity index (χ4v) is 4.39. The molecular formula is C14H14N2O4S2. The van der Waals surface area contributed by atoms with E-state index in [2.05, 4.69) is 10.0 Å². The van der Waals surface area contributed by atoms with Gasteiger partial charge in [-0.3, -0.25) is 4.79 Å². The predicted octanol–water partition coefficient (Wildman–Crippen LogP) is 1.87. The molecule has 3 rings (SSSR count). The minimum absolute atomic E-state index is 0.00327. The zero-order chi connectivity index (χ0) is 15.7. The van der Waals surface area contributed by atoms with Crippen molar-refractivity contribution in [3.8, 4) is 5.75 Å². The molecule has 2 N–H and O–H groups in total. The standard InChI is InChI=1S/C14H14N2O4S2/c1-9-2-5-14(21-9)22(18,19)15-7-10-3-4-12-11(6-10)16-13(17)8-20-12/h2-6,15H,7-8H2,1H3,(H,16,17). The second-order valence-corrected chi connectivity index (χ2v) is 8.14. The van der Waals surface area contributed by atoms with E-state index in [0.717, 1.165) is 10.4 Å². The molecule has 6 nitrogen and oxygen atoms in total. The van der Waals surface area contributed by atoms with Crippen LogP contribution in [0.15, 0.2) is 34.5 Å². The Labute approximate surface area is 132 Å². The topological polar surface area (TPSA) is 84.5 Å². The first-order valence-corrected chi connectivity index (χ1v) is 8.86. The Morgan fingerprint density at radius 2 is 2.14 bits per heavy atom. The summed E-state index contributed by atoms with van der Waals surface area (Å²) in [6.45, 7) is 2.00. The lowest BCUT2D eigenvalue weighted by molar-refractivity contribution is -0.118. The summed E-state index contributed by atoms with van der Waals surface area (Å²) in [6, 6.07) is 8.54. The molecule has 1 amide bonds. The van der Waals surface area contributed by atoms with E-state index in [1.807, 2.05) is 6.92 Å². The van der Waals surface area contributed by atoms with Crippen LogP contribution in [0, 0.1) is 6.92 Å². The van der Waals surface area contributed by atoms with E-state index in [0.29, 0.717) is 15.6 Å². The molecular weight excluding hydrogens is 324 g/mol. The van der Waals surface area contributed by atoms with Crippen LogP contribution in [0.5, 0.6) is 5.75 Å². The van der Waals surface area contributed by atoms with Gasteiger partial charge in [0.2, 0.25) is 10.0 Å². The Bertz CT molecular complexity index is 827. The predicted molar refractivity (Wildman–Crippen MR) is 83.6 cm³/mol. The van der Waals surface area contributed by atoms with Gasteiger partial charge in [0.25, 0.3) is 5.91 Å². The maximum Gasteiger partial charge on any atom is 0.262 e. The molecule has 1 aromatic carbocycles. The van der Waals surface area contributed by atoms with Crippen LogP contribution in [0.4, 0.5) is 5.69 Å². The molecule has 8 heteroatoms. The van der Waals surface area contributed by atoms with Crippen molar-refractivity contribution >= 4 is 33.0 Å². The molecule has 0 saturated heterocycles. The summed E-state index contributed by atoms with van der Waals surface area (Å²) in [5, 5.41) is 2.69. The highest BCUT2D eigenvalue weighted by molar-refractivity contribution is 7.91. The van der Waals surface area contributed by atoms with Crippen LogP contribution in [0.2, 0.25) is 0 Å². The maximum absolute atomic E-state index is 12.2. The maximum atomic E-state index is 12.2. The van der Waals surface area contributed by atoms with Gasteiger partial charge in [0.1, 0.15) is 9.96 Å². The number of nitrogens with one attached hydrogen (secondary N) is 2. The van der Waals surface area contributed by atoms with Gasteiger partial charge in [-0.05, 0) is 36.8 Å². The molecule has 1 aromatic heterocycles. The zero-order valence-corrected chi connectivity index (χ0v) is 13.4. The highest BCUT2D eigenvalue weighted by Crippen LogP contribution is 2.28. The first-order chi connectivity index (χ1) is 10.4. The summed E-state index contributed by atoms with van der Waals surface area (Å²) >= 11 is 1.23. The highest BCUT2D eigenvalue weighted by atomic mass is 32.2. The van der Waals surface area contributed by atoms with Crippen LogP contribution in [0.3, 0.4) is 0 Å². The number of fused-ring (bicyclic) bond motifs is 1. The van der Waals surface area contributed by atoms with Gasteiger partial charge in [-0.15, -0.1) is 11.3 Å². The third-order valence-corrected chi connectivity index (χ3v) is 6.02. The van der Waals surface area contributed by atoms with Crippen LogP contribution >= 0.6 is 11.3 Å². The van der Waals surface area contributed by atoms with Crippen LogP contribution in [-0.2, 0) is 21.4 Å². The SMILES string of the molecule is Cc1ccc(S(=O)(=O)NCc2ccc3c(c2)NC(=O)CO3)s1. The van der Waals surface area contributed by atoms with Crippen molar-refractivity contribution in [3.05, 3.63) is 40.8 Å². The number of amides is 1. The van der Waals surface area contributed by atoms with Crippen LogP contribution in [0.25, 0.3) is 0 Å². The quantitative estimate of drug-likeness (QED) is 0.891. The van der Waals surface area contributed by atoms with Crippen molar-refractivity contribution in [2.45, 2.75) is 17.7 Å². The van der Waals surface area contributed by atoms with Gasteiger partial charge in [-0.25, -0.2) is 13.1 Å². The summed E-state index contributed by atoms with van der Waals surface area (Å²) in [6.07, 6.45) is 0. The number of anilines is 1. The summed E-state index contributed by atoms with van der Waals surface area (Å²) < 4.78 is 32.4. The average Bonchev–Trinajstić information content (AvgIpc) is 2.92. The van der Waals surface area contributed by atoms with Crippen molar-refractivity contribution in [1.29, 1.82) is 0 Å². The first kappa shape index (κ1) is 15.0. The molecule has 2 aromatic rings. The second kappa shape index (κ2) is 5.71. The summed E-state index contributed by atoms with van der Waals surface area (Å²) in [5.41, 5.74) is 1.29. The van der Waals surface area contributed by atoms with Crippen molar-refractivity contribution in [3.63, 3.8) is 0 Å². The molecule has 0 spiro atoms. The van der Waals surface area contributed by atoms with E-state index >= 15 is 0 Å². The monoisotopic (exact) mass is 338 g/mol. The van der Waals surface area contributed by atoms with E-state index in [4.69, 9.17) is 4.74 Å². The van der Waals surface area contributed by atoms with Crippen molar-refractivity contribution < 1.29 is 17.9 Å². The van der Waals surface area contributed by atoms with E-state index < -0.39 is 10.0 Å². The highest BCUT2D eigenvalue weighted by Gasteiger charge is 2.18. The van der Waals surface area contributed by atoms with Gasteiger partial charge < -0.3 is 10.1 Å². The van der Waals surface area contributed by atoms with Gasteiger partial charge in [-0.1, -0.05) is 6.07 Å². The number of aryl methyl sites for hydroxylation is 1. The molecule has 0 fully saturated rings. The third-order valence-electron chi connectivity index (χ3n) is 3.12. The molecule has 0 saturated carbocycles. The molecule has 0 bridgehead atoms. The Kier molecular flexibility index (Phi) is 3.90. The Hall–Kier alpha value is -1.90. The molecule has 0 unspecified atom stereocenters.